The Bertz CT molecular complexity index is 540. The number of morpholine rings is 1. The first-order valence-electron chi connectivity index (χ1n) is 9.83. The first-order valence-corrected chi connectivity index (χ1v) is 10.7. The molecule has 2 N–H and O–H groups in total. The number of hydrogen-bond donors (Lipinski definition) is 2. The lowest BCUT2D eigenvalue weighted by molar-refractivity contribution is 0.0143. The number of aromatic nitrogens is 1. The lowest BCUT2D eigenvalue weighted by Gasteiger charge is -2.34. The summed E-state index contributed by atoms with van der Waals surface area (Å²) in [7, 11) is 0. The van der Waals surface area contributed by atoms with Gasteiger partial charge in [-0.25, -0.2) is 4.98 Å². The summed E-state index contributed by atoms with van der Waals surface area (Å²) in [4.78, 5) is 11.9. The van der Waals surface area contributed by atoms with Gasteiger partial charge in [0, 0.05) is 44.0 Å². The first kappa shape index (κ1) is 21.1. The van der Waals surface area contributed by atoms with Crippen molar-refractivity contribution in [3.8, 4) is 0 Å². The number of hydrogen-bond acceptors (Lipinski definition) is 5. The van der Waals surface area contributed by atoms with Crippen LogP contribution in [0.2, 0.25) is 0 Å². The van der Waals surface area contributed by atoms with E-state index in [1.165, 1.54) is 6.42 Å². The zero-order valence-electron chi connectivity index (χ0n) is 16.8. The van der Waals surface area contributed by atoms with E-state index in [4.69, 9.17) is 9.73 Å². The molecule has 1 aromatic rings. The summed E-state index contributed by atoms with van der Waals surface area (Å²) in [5.41, 5.74) is 1.15. The fourth-order valence-corrected chi connectivity index (χ4v) is 3.84. The van der Waals surface area contributed by atoms with Crippen molar-refractivity contribution < 1.29 is 4.74 Å². The third-order valence-corrected chi connectivity index (χ3v) is 5.27. The van der Waals surface area contributed by atoms with E-state index in [1.54, 1.807) is 11.3 Å². The number of ether oxygens (including phenoxy) is 1. The molecule has 0 amide bonds. The fraction of sp³-hybridized carbons (Fsp3) is 0.789. The average Bonchev–Trinajstić information content (AvgIpc) is 3.04. The first-order chi connectivity index (χ1) is 12.6. The molecular weight excluding hydrogens is 346 g/mol. The zero-order valence-corrected chi connectivity index (χ0v) is 17.6. The fourth-order valence-electron chi connectivity index (χ4n) is 3.20. The molecule has 1 atom stereocenters. The highest BCUT2D eigenvalue weighted by molar-refractivity contribution is 7.09. The van der Waals surface area contributed by atoms with Crippen LogP contribution in [-0.4, -0.2) is 67.8 Å². The van der Waals surface area contributed by atoms with Crippen molar-refractivity contribution in [2.45, 2.75) is 46.6 Å². The molecule has 0 radical (unpaired) electrons. The third kappa shape index (κ3) is 7.60. The molecule has 1 unspecified atom stereocenters. The van der Waals surface area contributed by atoms with Crippen LogP contribution in [0.15, 0.2) is 10.4 Å². The number of aliphatic imine (C=N–C) groups is 1. The number of rotatable bonds is 9. The molecule has 0 spiro atoms. The van der Waals surface area contributed by atoms with Crippen LogP contribution in [0.4, 0.5) is 0 Å². The van der Waals surface area contributed by atoms with Gasteiger partial charge in [0.25, 0.3) is 0 Å². The molecule has 7 heteroatoms. The van der Waals surface area contributed by atoms with E-state index in [2.05, 4.69) is 46.7 Å². The largest absolute Gasteiger partial charge is 0.379 e. The maximum atomic E-state index is 5.51. The van der Waals surface area contributed by atoms with Crippen LogP contribution in [0.3, 0.4) is 0 Å². The lowest BCUT2D eigenvalue weighted by atomic mass is 10.0. The molecule has 0 aliphatic carbocycles. The number of guanidine groups is 1. The molecule has 6 nitrogen and oxygen atoms in total. The van der Waals surface area contributed by atoms with Crippen molar-refractivity contribution in [3.05, 3.63) is 16.1 Å². The second-order valence-electron chi connectivity index (χ2n) is 7.19. The Labute approximate surface area is 162 Å². The Morgan fingerprint density at radius 3 is 2.73 bits per heavy atom. The molecule has 26 heavy (non-hydrogen) atoms. The zero-order chi connectivity index (χ0) is 18.8. The standard InChI is InChI=1S/C19H35N5OS/c1-5-20-19(21-7-6-17-14-26-16(4)23-17)22-13-18(12-15(2)3)24-8-10-25-11-9-24/h14-15,18H,5-13H2,1-4H3,(H2,20,21,22). The maximum Gasteiger partial charge on any atom is 0.191 e. The predicted octanol–water partition coefficient (Wildman–Crippen LogP) is 2.30. The number of aryl methyl sites for hydroxylation is 1. The summed E-state index contributed by atoms with van der Waals surface area (Å²) in [6.45, 7) is 15.0. The van der Waals surface area contributed by atoms with Gasteiger partial charge in [0.1, 0.15) is 0 Å². The van der Waals surface area contributed by atoms with Crippen molar-refractivity contribution >= 4 is 17.3 Å². The van der Waals surface area contributed by atoms with Crippen LogP contribution in [0.5, 0.6) is 0 Å². The van der Waals surface area contributed by atoms with Gasteiger partial charge in [-0.2, -0.15) is 0 Å². The van der Waals surface area contributed by atoms with Gasteiger partial charge in [0.2, 0.25) is 0 Å². The minimum Gasteiger partial charge on any atom is -0.379 e. The van der Waals surface area contributed by atoms with Crippen molar-refractivity contribution in [2.24, 2.45) is 10.9 Å². The summed E-state index contributed by atoms with van der Waals surface area (Å²) in [5.74, 6) is 1.57. The Hall–Kier alpha value is -1.18. The predicted molar refractivity (Wildman–Crippen MR) is 110 cm³/mol. The Morgan fingerprint density at radius 1 is 1.35 bits per heavy atom. The second kappa shape index (κ2) is 11.5. The topological polar surface area (TPSA) is 61.8 Å². The smallest absolute Gasteiger partial charge is 0.191 e. The molecule has 1 aliphatic rings. The van der Waals surface area contributed by atoms with Crippen LogP contribution in [-0.2, 0) is 11.2 Å². The van der Waals surface area contributed by atoms with Gasteiger partial charge in [-0.05, 0) is 26.2 Å². The average molecular weight is 382 g/mol. The maximum absolute atomic E-state index is 5.51. The second-order valence-corrected chi connectivity index (χ2v) is 8.25. The van der Waals surface area contributed by atoms with E-state index in [1.807, 2.05) is 6.92 Å². The van der Waals surface area contributed by atoms with E-state index >= 15 is 0 Å². The van der Waals surface area contributed by atoms with Crippen LogP contribution in [0, 0.1) is 12.8 Å². The minimum absolute atomic E-state index is 0.482. The highest BCUT2D eigenvalue weighted by Crippen LogP contribution is 2.14. The van der Waals surface area contributed by atoms with Gasteiger partial charge in [-0.3, -0.25) is 9.89 Å². The molecule has 148 valence electrons. The van der Waals surface area contributed by atoms with Gasteiger partial charge < -0.3 is 15.4 Å². The molecule has 2 heterocycles. The summed E-state index contributed by atoms with van der Waals surface area (Å²) < 4.78 is 5.51. The molecule has 2 rings (SSSR count). The van der Waals surface area contributed by atoms with Crippen molar-refractivity contribution in [2.75, 3.05) is 45.9 Å². The van der Waals surface area contributed by atoms with E-state index < -0.39 is 0 Å². The molecule has 1 aliphatic heterocycles. The van der Waals surface area contributed by atoms with Crippen molar-refractivity contribution in [1.82, 2.24) is 20.5 Å². The molecule has 0 bridgehead atoms. The Morgan fingerprint density at radius 2 is 2.12 bits per heavy atom. The van der Waals surface area contributed by atoms with E-state index in [0.29, 0.717) is 12.0 Å². The van der Waals surface area contributed by atoms with Crippen LogP contribution in [0.1, 0.15) is 37.9 Å². The van der Waals surface area contributed by atoms with E-state index in [-0.39, 0.29) is 0 Å². The number of thiazole rings is 1. The Kier molecular flexibility index (Phi) is 9.36. The highest BCUT2D eigenvalue weighted by atomic mass is 32.1. The van der Waals surface area contributed by atoms with Crippen LogP contribution >= 0.6 is 11.3 Å². The third-order valence-electron chi connectivity index (χ3n) is 4.45. The lowest BCUT2D eigenvalue weighted by Crippen LogP contribution is -2.46. The van der Waals surface area contributed by atoms with Crippen molar-refractivity contribution in [3.63, 3.8) is 0 Å². The summed E-state index contributed by atoms with van der Waals surface area (Å²) in [6.07, 6.45) is 2.09. The molecule has 0 aromatic carbocycles. The normalized spacial score (nSPS) is 17.5. The van der Waals surface area contributed by atoms with Gasteiger partial charge in [-0.1, -0.05) is 13.8 Å². The SMILES string of the molecule is CCNC(=NCC(CC(C)C)N1CCOCC1)NCCc1csc(C)n1. The van der Waals surface area contributed by atoms with Gasteiger partial charge >= 0.3 is 0 Å². The number of nitrogens with one attached hydrogen (secondary N) is 2. The van der Waals surface area contributed by atoms with E-state index in [0.717, 1.165) is 69.0 Å². The molecule has 1 fully saturated rings. The van der Waals surface area contributed by atoms with Crippen molar-refractivity contribution in [1.29, 1.82) is 0 Å². The molecule has 1 saturated heterocycles. The monoisotopic (exact) mass is 381 g/mol. The van der Waals surface area contributed by atoms with Gasteiger partial charge in [0.15, 0.2) is 5.96 Å². The summed E-state index contributed by atoms with van der Waals surface area (Å²) in [6, 6.07) is 0.482. The quantitative estimate of drug-likeness (QED) is 0.508. The number of nitrogens with zero attached hydrogens (tertiary/aromatic N) is 3. The molecular formula is C19H35N5OS. The van der Waals surface area contributed by atoms with Crippen LogP contribution < -0.4 is 10.6 Å². The Balaban J connectivity index is 1.88. The van der Waals surface area contributed by atoms with E-state index in [9.17, 15) is 0 Å². The highest BCUT2D eigenvalue weighted by Gasteiger charge is 2.21. The summed E-state index contributed by atoms with van der Waals surface area (Å²) >= 11 is 1.71. The minimum atomic E-state index is 0.482. The van der Waals surface area contributed by atoms with Crippen LogP contribution in [0.25, 0.3) is 0 Å². The van der Waals surface area contributed by atoms with Gasteiger partial charge in [0.05, 0.1) is 30.5 Å². The van der Waals surface area contributed by atoms with Gasteiger partial charge in [-0.15, -0.1) is 11.3 Å². The molecule has 0 saturated carbocycles. The molecule has 1 aromatic heterocycles. The summed E-state index contributed by atoms with van der Waals surface area (Å²) in [5, 5.41) is 10.1.